The van der Waals surface area contributed by atoms with E-state index in [1.54, 1.807) is 11.8 Å². The van der Waals surface area contributed by atoms with Crippen LogP contribution in [0.2, 0.25) is 0 Å². The molecule has 0 radical (unpaired) electrons. The number of carbonyl (C=O) groups excluding carboxylic acids is 4. The average Bonchev–Trinajstić information content (AvgIpc) is 3.81. The minimum atomic E-state index is -4.51. The predicted molar refractivity (Wildman–Crippen MR) is 149 cm³/mol. The second kappa shape index (κ2) is 14.9. The number of hydrogen-bond donors (Lipinski definition) is 4. The number of esters is 2. The summed E-state index contributed by atoms with van der Waals surface area (Å²) in [4.78, 5) is 53.6. The van der Waals surface area contributed by atoms with Crippen molar-refractivity contribution in [1.29, 1.82) is 5.41 Å². The zero-order valence-corrected chi connectivity index (χ0v) is 24.5. The van der Waals surface area contributed by atoms with Gasteiger partial charge in [-0.25, -0.2) is 13.2 Å². The SMILES string of the molecule is CCOC(=O)CCN(C(=O)[C@H](CC(=O)NCC1CN(C(=N)N)CCO1)NS(=O)(=O)c1ccccc1C(=O)OC)C1CC1. The van der Waals surface area contributed by atoms with Crippen molar-refractivity contribution in [2.45, 2.75) is 55.7 Å². The molecular weight excluding hydrogens is 572 g/mol. The van der Waals surface area contributed by atoms with Gasteiger partial charge in [0, 0.05) is 32.2 Å². The van der Waals surface area contributed by atoms with E-state index >= 15 is 0 Å². The second-order valence-corrected chi connectivity index (χ2v) is 11.5. The van der Waals surface area contributed by atoms with Crippen LogP contribution in [0.25, 0.3) is 0 Å². The molecule has 16 heteroatoms. The van der Waals surface area contributed by atoms with E-state index in [-0.39, 0.29) is 50.2 Å². The first kappa shape index (κ1) is 32.8. The van der Waals surface area contributed by atoms with Crippen molar-refractivity contribution in [2.75, 3.05) is 46.5 Å². The average molecular weight is 611 g/mol. The second-order valence-electron chi connectivity index (χ2n) is 9.81. The molecule has 232 valence electrons. The molecule has 1 aliphatic carbocycles. The van der Waals surface area contributed by atoms with Gasteiger partial charge in [0.25, 0.3) is 0 Å². The molecule has 42 heavy (non-hydrogen) atoms. The Morgan fingerprint density at radius 1 is 1.24 bits per heavy atom. The summed E-state index contributed by atoms with van der Waals surface area (Å²) in [5.74, 6) is -2.85. The molecule has 1 aromatic rings. The Balaban J connectivity index is 1.80. The molecule has 2 aliphatic rings. The number of morpholine rings is 1. The lowest BCUT2D eigenvalue weighted by Gasteiger charge is -2.33. The maximum Gasteiger partial charge on any atom is 0.339 e. The topological polar surface area (TPSA) is 211 Å². The summed E-state index contributed by atoms with van der Waals surface area (Å²) in [6.07, 6.45) is 0.189. The van der Waals surface area contributed by atoms with Crippen molar-refractivity contribution in [3.63, 3.8) is 0 Å². The molecule has 1 saturated heterocycles. The highest BCUT2D eigenvalue weighted by Gasteiger charge is 2.39. The normalized spacial score (nSPS) is 17.6. The van der Waals surface area contributed by atoms with Gasteiger partial charge in [0.2, 0.25) is 21.8 Å². The van der Waals surface area contributed by atoms with Crippen LogP contribution >= 0.6 is 0 Å². The van der Waals surface area contributed by atoms with Crippen molar-refractivity contribution >= 4 is 39.7 Å². The van der Waals surface area contributed by atoms with Gasteiger partial charge in [-0.1, -0.05) is 12.1 Å². The number of nitrogens with two attached hydrogens (primary N) is 1. The molecule has 0 aromatic heterocycles. The van der Waals surface area contributed by atoms with Crippen LogP contribution in [0.15, 0.2) is 29.2 Å². The molecule has 15 nitrogen and oxygen atoms in total. The Bertz CT molecular complexity index is 1270. The van der Waals surface area contributed by atoms with Crippen molar-refractivity contribution in [1.82, 2.24) is 19.8 Å². The largest absolute Gasteiger partial charge is 0.466 e. The van der Waals surface area contributed by atoms with Crippen LogP contribution in [0.4, 0.5) is 0 Å². The zero-order chi connectivity index (χ0) is 30.9. The highest BCUT2D eigenvalue weighted by Crippen LogP contribution is 2.28. The monoisotopic (exact) mass is 610 g/mol. The van der Waals surface area contributed by atoms with Gasteiger partial charge in [-0.2, -0.15) is 4.72 Å². The minimum absolute atomic E-state index is 0.0161. The summed E-state index contributed by atoms with van der Waals surface area (Å²) < 4.78 is 44.5. The summed E-state index contributed by atoms with van der Waals surface area (Å²) in [6.45, 7) is 2.87. The first-order valence-corrected chi connectivity index (χ1v) is 15.1. The Morgan fingerprint density at radius 3 is 2.60 bits per heavy atom. The van der Waals surface area contributed by atoms with E-state index in [0.717, 1.165) is 7.11 Å². The first-order chi connectivity index (χ1) is 20.0. The summed E-state index contributed by atoms with van der Waals surface area (Å²) in [6, 6.07) is 3.58. The van der Waals surface area contributed by atoms with E-state index in [1.165, 1.54) is 29.2 Å². The van der Waals surface area contributed by atoms with Crippen LogP contribution in [0.1, 0.15) is 43.0 Å². The fourth-order valence-electron chi connectivity index (χ4n) is 4.46. The van der Waals surface area contributed by atoms with Crippen LogP contribution in [-0.4, -0.2) is 113 Å². The number of nitrogens with one attached hydrogen (secondary N) is 3. The molecule has 0 bridgehead atoms. The minimum Gasteiger partial charge on any atom is -0.466 e. The van der Waals surface area contributed by atoms with Gasteiger partial charge in [0.15, 0.2) is 5.96 Å². The molecule has 1 aliphatic heterocycles. The molecule has 3 rings (SSSR count). The summed E-state index contributed by atoms with van der Waals surface area (Å²) in [5, 5.41) is 10.3. The molecule has 5 N–H and O–H groups in total. The van der Waals surface area contributed by atoms with Crippen molar-refractivity contribution in [2.24, 2.45) is 5.73 Å². The number of guanidine groups is 1. The van der Waals surface area contributed by atoms with Gasteiger partial charge in [0.05, 0.1) is 49.7 Å². The highest BCUT2D eigenvalue weighted by molar-refractivity contribution is 7.89. The molecule has 1 unspecified atom stereocenters. The third-order valence-electron chi connectivity index (χ3n) is 6.71. The molecule has 2 fully saturated rings. The zero-order valence-electron chi connectivity index (χ0n) is 23.7. The lowest BCUT2D eigenvalue weighted by Crippen LogP contribution is -2.53. The Labute approximate surface area is 244 Å². The molecule has 2 atom stereocenters. The molecule has 1 saturated carbocycles. The van der Waals surface area contributed by atoms with Gasteiger partial charge in [-0.3, -0.25) is 19.8 Å². The van der Waals surface area contributed by atoms with Gasteiger partial charge in [-0.05, 0) is 31.9 Å². The number of sulfonamides is 1. The fourth-order valence-corrected chi connectivity index (χ4v) is 5.84. The van der Waals surface area contributed by atoms with E-state index < -0.39 is 57.2 Å². The Kier molecular flexibility index (Phi) is 11.6. The predicted octanol–water partition coefficient (Wildman–Crippen LogP) is -0.835. The Hall–Kier alpha value is -3.76. The van der Waals surface area contributed by atoms with Crippen LogP contribution in [0.3, 0.4) is 0 Å². The van der Waals surface area contributed by atoms with Crippen molar-refractivity contribution in [3.8, 4) is 0 Å². The maximum absolute atomic E-state index is 13.7. The van der Waals surface area contributed by atoms with Gasteiger partial charge < -0.3 is 35.1 Å². The number of methoxy groups -OCH3 is 1. The third kappa shape index (κ3) is 9.12. The number of ether oxygens (including phenoxy) is 3. The maximum atomic E-state index is 13.7. The molecule has 1 heterocycles. The van der Waals surface area contributed by atoms with Crippen LogP contribution < -0.4 is 15.8 Å². The quantitative estimate of drug-likeness (QED) is 0.116. The summed E-state index contributed by atoms with van der Waals surface area (Å²) >= 11 is 0. The fraction of sp³-hybridized carbons (Fsp3) is 0.577. The van der Waals surface area contributed by atoms with E-state index in [9.17, 15) is 27.6 Å². The Morgan fingerprint density at radius 2 is 1.95 bits per heavy atom. The van der Waals surface area contributed by atoms with Gasteiger partial charge in [-0.15, -0.1) is 0 Å². The number of amides is 2. The summed E-state index contributed by atoms with van der Waals surface area (Å²) in [7, 11) is -3.40. The van der Waals surface area contributed by atoms with Gasteiger partial charge >= 0.3 is 11.9 Å². The highest BCUT2D eigenvalue weighted by atomic mass is 32.2. The van der Waals surface area contributed by atoms with Crippen molar-refractivity contribution < 1.29 is 41.8 Å². The lowest BCUT2D eigenvalue weighted by atomic mass is 10.1. The number of benzene rings is 1. The van der Waals surface area contributed by atoms with E-state index in [2.05, 4.69) is 10.0 Å². The first-order valence-electron chi connectivity index (χ1n) is 13.6. The standard InChI is InChI=1S/C26H38N6O9S/c1-3-40-23(34)10-11-32(17-8-9-17)24(35)20(14-22(33)29-15-18-16-31(26(27)28)12-13-41-18)30-42(37,38)21-7-5-4-6-19(21)25(36)39-2/h4-7,17-18,20,30H,3,8-16H2,1-2H3,(H3,27,28)(H,29,33)/t18?,20-/m0/s1. The number of rotatable bonds is 14. The van der Waals surface area contributed by atoms with Crippen LogP contribution in [0.5, 0.6) is 0 Å². The smallest absolute Gasteiger partial charge is 0.339 e. The third-order valence-corrected chi connectivity index (χ3v) is 8.24. The number of carbonyl (C=O) groups is 4. The number of hydrogen-bond acceptors (Lipinski definition) is 10. The number of nitrogens with zero attached hydrogens (tertiary/aromatic N) is 2. The van der Waals surface area contributed by atoms with E-state index in [0.29, 0.717) is 26.0 Å². The lowest BCUT2D eigenvalue weighted by molar-refractivity contribution is -0.144. The van der Waals surface area contributed by atoms with Crippen LogP contribution in [-0.2, 0) is 38.6 Å². The molecule has 0 spiro atoms. The molecule has 2 amide bonds. The van der Waals surface area contributed by atoms with Crippen molar-refractivity contribution in [3.05, 3.63) is 29.8 Å². The van der Waals surface area contributed by atoms with E-state index in [1.807, 2.05) is 0 Å². The summed E-state index contributed by atoms with van der Waals surface area (Å²) in [5.41, 5.74) is 5.31. The van der Waals surface area contributed by atoms with Crippen LogP contribution in [0, 0.1) is 5.41 Å². The van der Waals surface area contributed by atoms with E-state index in [4.69, 9.17) is 25.4 Å². The molecule has 1 aromatic carbocycles. The molecular formula is C26H38N6O9S. The van der Waals surface area contributed by atoms with Gasteiger partial charge in [0.1, 0.15) is 6.04 Å².